The predicted molar refractivity (Wildman–Crippen MR) is 100 cm³/mol. The molecule has 3 aromatic carbocycles. The first kappa shape index (κ1) is 17.0. The van der Waals surface area contributed by atoms with Gasteiger partial charge in [-0.25, -0.2) is 4.79 Å². The maximum Gasteiger partial charge on any atom is 0.315 e. The number of hydrogen-bond acceptors (Lipinski definition) is 2. The van der Waals surface area contributed by atoms with E-state index in [4.69, 9.17) is 0 Å². The van der Waals surface area contributed by atoms with Crippen LogP contribution in [0, 0.1) is 0 Å². The number of hydrogen-bond donors (Lipinski definition) is 3. The van der Waals surface area contributed by atoms with Crippen LogP contribution in [0.4, 0.5) is 4.79 Å². The average molecular weight is 334 g/mol. The third-order valence-electron chi connectivity index (χ3n) is 4.31. The van der Waals surface area contributed by atoms with E-state index >= 15 is 0 Å². The maximum atomic E-state index is 12.1. The molecule has 0 radical (unpaired) electrons. The summed E-state index contributed by atoms with van der Waals surface area (Å²) in [6.07, 6.45) is 0. The van der Waals surface area contributed by atoms with E-state index in [1.807, 2.05) is 60.7 Å². The summed E-state index contributed by atoms with van der Waals surface area (Å²) < 4.78 is 0. The molecule has 4 heteroatoms. The third-order valence-corrected chi connectivity index (χ3v) is 4.31. The molecule has 0 fully saturated rings. The number of urea groups is 1. The maximum absolute atomic E-state index is 12.1. The van der Waals surface area contributed by atoms with E-state index in [0.29, 0.717) is 6.54 Å². The highest BCUT2D eigenvalue weighted by atomic mass is 16.3. The SMILES string of the molecule is CC(O)(CNC(=O)NCc1cccc2ccccc12)c1ccccc1. The van der Waals surface area contributed by atoms with Crippen molar-refractivity contribution < 1.29 is 9.90 Å². The highest BCUT2D eigenvalue weighted by Gasteiger charge is 2.23. The van der Waals surface area contributed by atoms with E-state index in [1.54, 1.807) is 6.92 Å². The van der Waals surface area contributed by atoms with Gasteiger partial charge in [0.2, 0.25) is 0 Å². The molecule has 0 saturated heterocycles. The van der Waals surface area contributed by atoms with E-state index in [0.717, 1.165) is 21.9 Å². The molecule has 2 amide bonds. The minimum absolute atomic E-state index is 0.137. The summed E-state index contributed by atoms with van der Waals surface area (Å²) >= 11 is 0. The summed E-state index contributed by atoms with van der Waals surface area (Å²) in [5, 5.41) is 18.4. The molecule has 0 aliphatic carbocycles. The number of carbonyl (C=O) groups is 1. The summed E-state index contributed by atoms with van der Waals surface area (Å²) in [6, 6.07) is 23.1. The van der Waals surface area contributed by atoms with Crippen LogP contribution in [-0.4, -0.2) is 17.7 Å². The zero-order chi connectivity index (χ0) is 17.7. The Kier molecular flexibility index (Phi) is 5.00. The molecule has 0 spiro atoms. The Morgan fingerprint density at radius 2 is 1.60 bits per heavy atom. The van der Waals surface area contributed by atoms with Crippen molar-refractivity contribution in [3.05, 3.63) is 83.9 Å². The van der Waals surface area contributed by atoms with Crippen molar-refractivity contribution in [1.82, 2.24) is 10.6 Å². The van der Waals surface area contributed by atoms with Crippen molar-refractivity contribution >= 4 is 16.8 Å². The second-order valence-corrected chi connectivity index (χ2v) is 6.31. The van der Waals surface area contributed by atoms with Gasteiger partial charge in [-0.15, -0.1) is 0 Å². The minimum atomic E-state index is -1.11. The van der Waals surface area contributed by atoms with E-state index in [1.165, 1.54) is 0 Å². The zero-order valence-corrected chi connectivity index (χ0v) is 14.2. The second-order valence-electron chi connectivity index (χ2n) is 6.31. The number of fused-ring (bicyclic) bond motifs is 1. The lowest BCUT2D eigenvalue weighted by Crippen LogP contribution is -2.43. The van der Waals surface area contributed by atoms with Crippen molar-refractivity contribution in [2.24, 2.45) is 0 Å². The molecule has 0 heterocycles. The standard InChI is InChI=1S/C21H22N2O2/c1-21(25,18-11-3-2-4-12-18)15-23-20(24)22-14-17-10-7-9-16-8-5-6-13-19(16)17/h2-13,25H,14-15H2,1H3,(H2,22,23,24). The van der Waals surface area contributed by atoms with Gasteiger partial charge in [0.05, 0.1) is 6.54 Å². The molecule has 0 saturated carbocycles. The van der Waals surface area contributed by atoms with Crippen LogP contribution < -0.4 is 10.6 Å². The van der Waals surface area contributed by atoms with Crippen molar-refractivity contribution in [3.63, 3.8) is 0 Å². The number of carbonyl (C=O) groups excluding carboxylic acids is 1. The van der Waals surface area contributed by atoms with Crippen molar-refractivity contribution in [2.45, 2.75) is 19.1 Å². The van der Waals surface area contributed by atoms with E-state index in [9.17, 15) is 9.90 Å². The molecular formula is C21H22N2O2. The van der Waals surface area contributed by atoms with Gasteiger partial charge in [-0.05, 0) is 28.8 Å². The van der Waals surface area contributed by atoms with Gasteiger partial charge in [-0.3, -0.25) is 0 Å². The Bertz CT molecular complexity index is 855. The molecule has 128 valence electrons. The summed E-state index contributed by atoms with van der Waals surface area (Å²) in [7, 11) is 0. The monoisotopic (exact) mass is 334 g/mol. The third kappa shape index (κ3) is 4.17. The van der Waals surface area contributed by atoms with Crippen molar-refractivity contribution in [1.29, 1.82) is 0 Å². The molecule has 4 nitrogen and oxygen atoms in total. The lowest BCUT2D eigenvalue weighted by atomic mass is 9.96. The first-order chi connectivity index (χ1) is 12.1. The lowest BCUT2D eigenvalue weighted by molar-refractivity contribution is 0.0594. The fourth-order valence-electron chi connectivity index (χ4n) is 2.84. The number of rotatable bonds is 5. The Labute approximate surface area is 147 Å². The Morgan fingerprint density at radius 1 is 0.920 bits per heavy atom. The first-order valence-corrected chi connectivity index (χ1v) is 8.32. The Balaban J connectivity index is 1.58. The summed E-state index contributed by atoms with van der Waals surface area (Å²) in [4.78, 5) is 12.1. The van der Waals surface area contributed by atoms with Crippen LogP contribution >= 0.6 is 0 Å². The van der Waals surface area contributed by atoms with Crippen LogP contribution in [0.15, 0.2) is 72.8 Å². The fourth-order valence-corrected chi connectivity index (χ4v) is 2.84. The largest absolute Gasteiger partial charge is 0.384 e. The van der Waals surface area contributed by atoms with Crippen LogP contribution in [0.1, 0.15) is 18.1 Å². The molecule has 0 aliphatic rings. The molecule has 3 N–H and O–H groups in total. The predicted octanol–water partition coefficient (Wildman–Crippen LogP) is 3.55. The summed E-state index contributed by atoms with van der Waals surface area (Å²) in [6.45, 7) is 2.26. The molecule has 3 rings (SSSR count). The normalized spacial score (nSPS) is 13.2. The average Bonchev–Trinajstić information content (AvgIpc) is 2.65. The van der Waals surface area contributed by atoms with Gasteiger partial charge in [0.1, 0.15) is 5.60 Å². The molecule has 0 bridgehead atoms. The smallest absolute Gasteiger partial charge is 0.315 e. The van der Waals surface area contributed by atoms with Gasteiger partial charge in [-0.1, -0.05) is 72.8 Å². The summed E-state index contributed by atoms with van der Waals surface area (Å²) in [5.74, 6) is 0. The van der Waals surface area contributed by atoms with E-state index in [2.05, 4.69) is 22.8 Å². The molecule has 25 heavy (non-hydrogen) atoms. The van der Waals surface area contributed by atoms with Gasteiger partial charge in [0.15, 0.2) is 0 Å². The van der Waals surface area contributed by atoms with Crippen LogP contribution in [0.25, 0.3) is 10.8 Å². The van der Waals surface area contributed by atoms with Crippen LogP contribution in [-0.2, 0) is 12.1 Å². The fraction of sp³-hybridized carbons (Fsp3) is 0.190. The minimum Gasteiger partial charge on any atom is -0.384 e. The quantitative estimate of drug-likeness (QED) is 0.668. The van der Waals surface area contributed by atoms with Crippen molar-refractivity contribution in [2.75, 3.05) is 6.54 Å². The van der Waals surface area contributed by atoms with Gasteiger partial charge in [0.25, 0.3) is 0 Å². The number of amides is 2. The number of aliphatic hydroxyl groups is 1. The zero-order valence-electron chi connectivity index (χ0n) is 14.2. The molecule has 0 aliphatic heterocycles. The highest BCUT2D eigenvalue weighted by molar-refractivity contribution is 5.86. The number of benzene rings is 3. The van der Waals surface area contributed by atoms with E-state index < -0.39 is 5.60 Å². The second kappa shape index (κ2) is 7.36. The topological polar surface area (TPSA) is 61.4 Å². The van der Waals surface area contributed by atoms with Crippen molar-refractivity contribution in [3.8, 4) is 0 Å². The van der Waals surface area contributed by atoms with E-state index in [-0.39, 0.29) is 12.6 Å². The molecular weight excluding hydrogens is 312 g/mol. The van der Waals surface area contributed by atoms with Gasteiger partial charge in [-0.2, -0.15) is 0 Å². The number of nitrogens with one attached hydrogen (secondary N) is 2. The van der Waals surface area contributed by atoms with Gasteiger partial charge in [0, 0.05) is 6.54 Å². The molecule has 3 aromatic rings. The lowest BCUT2D eigenvalue weighted by Gasteiger charge is -2.24. The van der Waals surface area contributed by atoms with Crippen LogP contribution in [0.2, 0.25) is 0 Å². The van der Waals surface area contributed by atoms with Crippen LogP contribution in [0.5, 0.6) is 0 Å². The Morgan fingerprint density at radius 3 is 2.40 bits per heavy atom. The molecule has 1 atom stereocenters. The van der Waals surface area contributed by atoms with Crippen LogP contribution in [0.3, 0.4) is 0 Å². The molecule has 1 unspecified atom stereocenters. The highest BCUT2D eigenvalue weighted by Crippen LogP contribution is 2.19. The first-order valence-electron chi connectivity index (χ1n) is 8.32. The van der Waals surface area contributed by atoms with Gasteiger partial charge >= 0.3 is 6.03 Å². The summed E-state index contributed by atoms with van der Waals surface area (Å²) in [5.41, 5.74) is 0.713. The van der Waals surface area contributed by atoms with Gasteiger partial charge < -0.3 is 15.7 Å². The Hall–Kier alpha value is -2.85. The molecule has 0 aromatic heterocycles.